The molecule has 0 saturated carbocycles. The summed E-state index contributed by atoms with van der Waals surface area (Å²) in [5.41, 5.74) is 6.09. The summed E-state index contributed by atoms with van der Waals surface area (Å²) in [6, 6.07) is 2.05. The second-order valence-electron chi connectivity index (χ2n) is 7.38. The maximum Gasteiger partial charge on any atom is 0.181 e. The number of allylic oxidation sites excluding steroid dienone is 2. The third-order valence-electron chi connectivity index (χ3n) is 5.20. The van der Waals surface area contributed by atoms with Gasteiger partial charge in [0.25, 0.3) is 0 Å². The van der Waals surface area contributed by atoms with Crippen molar-refractivity contribution in [2.75, 3.05) is 5.32 Å². The van der Waals surface area contributed by atoms with Crippen molar-refractivity contribution in [2.24, 2.45) is 7.05 Å². The molecule has 5 aromatic rings. The molecule has 0 spiro atoms. The van der Waals surface area contributed by atoms with Gasteiger partial charge in [0.15, 0.2) is 17.3 Å². The quantitative estimate of drug-likeness (QED) is 0.421. The lowest BCUT2D eigenvalue weighted by atomic mass is 10.1. The number of nitrogens with zero attached hydrogens (tertiary/aromatic N) is 7. The Labute approximate surface area is 176 Å². The number of rotatable bonds is 3. The standard InChI is InChI=1S/C21H18N10/c1-12-9-31(11-24-12)16-4-3-5-22-20-18(16)26-21(27-20)17-15-6-13(7-23-19(15)29-28-17)14-8-25-30(2)10-14/h3-11,22H,1-2H3,(H,26,27)(H,23,28,29). The van der Waals surface area contributed by atoms with Crippen LogP contribution in [0.2, 0.25) is 0 Å². The van der Waals surface area contributed by atoms with E-state index in [1.165, 1.54) is 0 Å². The molecule has 0 amide bonds. The van der Waals surface area contributed by atoms with Crippen molar-refractivity contribution in [1.82, 2.24) is 44.5 Å². The number of hydrogen-bond donors (Lipinski definition) is 3. The Balaban J connectivity index is 1.47. The number of imidazole rings is 2. The van der Waals surface area contributed by atoms with Gasteiger partial charge in [-0.2, -0.15) is 10.2 Å². The van der Waals surface area contributed by atoms with E-state index in [2.05, 4.69) is 41.6 Å². The second kappa shape index (κ2) is 6.52. The zero-order valence-corrected chi connectivity index (χ0v) is 16.8. The topological polar surface area (TPSA) is 118 Å². The van der Waals surface area contributed by atoms with Gasteiger partial charge >= 0.3 is 0 Å². The van der Waals surface area contributed by atoms with E-state index in [-0.39, 0.29) is 0 Å². The molecular formula is C21H18N10. The number of fused-ring (bicyclic) bond motifs is 2. The minimum Gasteiger partial charge on any atom is -0.345 e. The van der Waals surface area contributed by atoms with Crippen LogP contribution in [0.3, 0.4) is 0 Å². The molecule has 3 N–H and O–H groups in total. The van der Waals surface area contributed by atoms with Gasteiger partial charge in [-0.25, -0.2) is 15.0 Å². The van der Waals surface area contributed by atoms with Gasteiger partial charge in [0.05, 0.1) is 29.3 Å². The van der Waals surface area contributed by atoms with Crippen LogP contribution in [0.4, 0.5) is 5.82 Å². The number of aryl methyl sites for hydroxylation is 2. The van der Waals surface area contributed by atoms with Gasteiger partial charge in [-0.3, -0.25) is 9.78 Å². The smallest absolute Gasteiger partial charge is 0.181 e. The van der Waals surface area contributed by atoms with Crippen molar-refractivity contribution in [2.45, 2.75) is 6.92 Å². The zero-order valence-electron chi connectivity index (χ0n) is 16.8. The molecule has 0 fully saturated rings. The van der Waals surface area contributed by atoms with Gasteiger partial charge in [0.2, 0.25) is 0 Å². The molecule has 0 unspecified atom stereocenters. The Morgan fingerprint density at radius 1 is 1.03 bits per heavy atom. The van der Waals surface area contributed by atoms with Crippen LogP contribution in [-0.4, -0.2) is 44.5 Å². The van der Waals surface area contributed by atoms with E-state index >= 15 is 0 Å². The predicted octanol–water partition coefficient (Wildman–Crippen LogP) is 3.08. The third kappa shape index (κ3) is 2.84. The summed E-state index contributed by atoms with van der Waals surface area (Å²) in [5, 5.41) is 15.8. The van der Waals surface area contributed by atoms with E-state index in [1.54, 1.807) is 17.2 Å². The lowest BCUT2D eigenvalue weighted by Crippen LogP contribution is -1.98. The zero-order chi connectivity index (χ0) is 20.9. The van der Waals surface area contributed by atoms with E-state index < -0.39 is 0 Å². The summed E-state index contributed by atoms with van der Waals surface area (Å²) in [6.45, 7) is 1.96. The van der Waals surface area contributed by atoms with Crippen molar-refractivity contribution < 1.29 is 0 Å². The molecule has 1 aliphatic rings. The van der Waals surface area contributed by atoms with Crippen LogP contribution < -0.4 is 5.32 Å². The normalized spacial score (nSPS) is 13.2. The first-order valence-corrected chi connectivity index (χ1v) is 9.74. The number of nitrogens with one attached hydrogen (secondary N) is 3. The molecule has 0 saturated heterocycles. The fraction of sp³-hybridized carbons (Fsp3) is 0.0952. The maximum atomic E-state index is 4.78. The summed E-state index contributed by atoms with van der Waals surface area (Å²) in [4.78, 5) is 17.1. The van der Waals surface area contributed by atoms with Crippen LogP contribution in [0.15, 0.2) is 55.5 Å². The average molecular weight is 410 g/mol. The van der Waals surface area contributed by atoms with Crippen LogP contribution in [0.5, 0.6) is 0 Å². The molecule has 31 heavy (non-hydrogen) atoms. The van der Waals surface area contributed by atoms with Crippen LogP contribution in [0.25, 0.3) is 39.4 Å². The Kier molecular flexibility index (Phi) is 3.66. The first-order chi connectivity index (χ1) is 15.2. The molecule has 10 heteroatoms. The molecule has 1 aliphatic heterocycles. The molecule has 0 aromatic carbocycles. The Morgan fingerprint density at radius 2 is 1.97 bits per heavy atom. The SMILES string of the molecule is Cc1cn(C2=CC=CNc3nc(-c4[nH]nc5ncc(-c6cnn(C)c6)cc45)[nH]c32)cn1. The number of anilines is 1. The Hall–Kier alpha value is -4.47. The summed E-state index contributed by atoms with van der Waals surface area (Å²) in [6.07, 6.45) is 15.1. The van der Waals surface area contributed by atoms with E-state index in [0.717, 1.165) is 45.1 Å². The highest BCUT2D eigenvalue weighted by molar-refractivity contribution is 5.92. The highest BCUT2D eigenvalue weighted by Gasteiger charge is 2.20. The number of hydrogen-bond acceptors (Lipinski definition) is 6. The van der Waals surface area contributed by atoms with E-state index in [1.807, 2.05) is 55.5 Å². The number of aromatic amines is 2. The van der Waals surface area contributed by atoms with Crippen LogP contribution >= 0.6 is 0 Å². The summed E-state index contributed by atoms with van der Waals surface area (Å²) in [7, 11) is 1.89. The minimum absolute atomic E-state index is 0.628. The van der Waals surface area contributed by atoms with Crippen molar-refractivity contribution in [3.63, 3.8) is 0 Å². The van der Waals surface area contributed by atoms with Gasteiger partial charge in [0, 0.05) is 43.0 Å². The fourth-order valence-corrected chi connectivity index (χ4v) is 3.71. The number of aromatic nitrogens is 9. The maximum absolute atomic E-state index is 4.78. The minimum atomic E-state index is 0.628. The molecule has 6 rings (SSSR count). The summed E-state index contributed by atoms with van der Waals surface area (Å²) >= 11 is 0. The monoisotopic (exact) mass is 410 g/mol. The third-order valence-corrected chi connectivity index (χ3v) is 5.20. The van der Waals surface area contributed by atoms with Crippen molar-refractivity contribution >= 4 is 22.5 Å². The number of pyridine rings is 1. The van der Waals surface area contributed by atoms with Crippen LogP contribution in [0.1, 0.15) is 11.4 Å². The first-order valence-electron chi connectivity index (χ1n) is 9.74. The fourth-order valence-electron chi connectivity index (χ4n) is 3.71. The number of H-pyrrole nitrogens is 2. The van der Waals surface area contributed by atoms with Crippen molar-refractivity contribution in [3.8, 4) is 22.6 Å². The van der Waals surface area contributed by atoms with Crippen molar-refractivity contribution in [3.05, 3.63) is 66.9 Å². The van der Waals surface area contributed by atoms with Crippen LogP contribution in [-0.2, 0) is 7.05 Å². The molecule has 5 aromatic heterocycles. The highest BCUT2D eigenvalue weighted by atomic mass is 15.2. The molecule has 0 aliphatic carbocycles. The molecule has 152 valence electrons. The van der Waals surface area contributed by atoms with Gasteiger partial charge in [0.1, 0.15) is 11.4 Å². The van der Waals surface area contributed by atoms with E-state index in [9.17, 15) is 0 Å². The lowest BCUT2D eigenvalue weighted by Gasteiger charge is -2.06. The van der Waals surface area contributed by atoms with Gasteiger partial charge in [-0.1, -0.05) is 0 Å². The van der Waals surface area contributed by atoms with Gasteiger partial charge in [-0.05, 0) is 25.1 Å². The Bertz CT molecular complexity index is 1490. The van der Waals surface area contributed by atoms with Gasteiger partial charge < -0.3 is 14.9 Å². The lowest BCUT2D eigenvalue weighted by molar-refractivity contribution is 0.768. The summed E-state index contributed by atoms with van der Waals surface area (Å²) in [5.74, 6) is 1.39. The van der Waals surface area contributed by atoms with Gasteiger partial charge in [-0.15, -0.1) is 0 Å². The highest BCUT2D eigenvalue weighted by Crippen LogP contribution is 2.32. The van der Waals surface area contributed by atoms with Crippen LogP contribution in [0, 0.1) is 6.92 Å². The molecule has 0 bridgehead atoms. The predicted molar refractivity (Wildman–Crippen MR) is 117 cm³/mol. The molecule has 10 nitrogen and oxygen atoms in total. The largest absolute Gasteiger partial charge is 0.345 e. The molecule has 0 radical (unpaired) electrons. The molecule has 6 heterocycles. The second-order valence-corrected chi connectivity index (χ2v) is 7.38. The van der Waals surface area contributed by atoms with E-state index in [4.69, 9.17) is 4.98 Å². The summed E-state index contributed by atoms with van der Waals surface area (Å²) < 4.78 is 3.74. The Morgan fingerprint density at radius 3 is 2.77 bits per heavy atom. The molecular weight excluding hydrogens is 392 g/mol. The first kappa shape index (κ1) is 17.4. The van der Waals surface area contributed by atoms with Crippen molar-refractivity contribution in [1.29, 1.82) is 0 Å². The average Bonchev–Trinajstić information content (AvgIpc) is 3.54. The van der Waals surface area contributed by atoms with E-state index in [0.29, 0.717) is 11.5 Å². The molecule has 0 atom stereocenters.